The molecule has 1 fully saturated rings. The highest BCUT2D eigenvalue weighted by atomic mass is 16.5. The smallest absolute Gasteiger partial charge is 0.213 e. The zero-order valence-corrected chi connectivity index (χ0v) is 16.4. The molecule has 1 atom stereocenters. The van der Waals surface area contributed by atoms with Crippen molar-refractivity contribution in [2.45, 2.75) is 25.4 Å². The summed E-state index contributed by atoms with van der Waals surface area (Å²) in [4.78, 5) is 4.47. The molecule has 29 heavy (non-hydrogen) atoms. The van der Waals surface area contributed by atoms with Crippen molar-refractivity contribution in [1.29, 1.82) is 0 Å². The van der Waals surface area contributed by atoms with E-state index in [-0.39, 0.29) is 6.10 Å². The van der Waals surface area contributed by atoms with Crippen LogP contribution in [-0.4, -0.2) is 29.3 Å². The van der Waals surface area contributed by atoms with E-state index in [0.29, 0.717) is 18.1 Å². The summed E-state index contributed by atoms with van der Waals surface area (Å²) >= 11 is 0. The minimum Gasteiger partial charge on any atom is -0.508 e. The summed E-state index contributed by atoms with van der Waals surface area (Å²) in [5.41, 5.74) is 4.41. The van der Waals surface area contributed by atoms with Gasteiger partial charge in [-0.1, -0.05) is 60.7 Å². The number of nitrogens with one attached hydrogen (secondary N) is 1. The highest BCUT2D eigenvalue weighted by molar-refractivity contribution is 5.68. The van der Waals surface area contributed by atoms with Crippen LogP contribution in [0.5, 0.6) is 11.6 Å². The molecule has 1 aliphatic rings. The van der Waals surface area contributed by atoms with Crippen LogP contribution in [0, 0.1) is 0 Å². The molecule has 4 nitrogen and oxygen atoms in total. The largest absolute Gasteiger partial charge is 0.508 e. The molecule has 3 aromatic rings. The molecule has 0 saturated carbocycles. The van der Waals surface area contributed by atoms with Crippen molar-refractivity contribution < 1.29 is 9.84 Å². The van der Waals surface area contributed by atoms with Crippen LogP contribution in [0.1, 0.15) is 23.1 Å². The lowest BCUT2D eigenvalue weighted by Gasteiger charge is -2.12. The topological polar surface area (TPSA) is 54.4 Å². The van der Waals surface area contributed by atoms with E-state index in [1.54, 1.807) is 6.07 Å². The molecular formula is C25H26N2O2. The summed E-state index contributed by atoms with van der Waals surface area (Å²) in [6.45, 7) is 1.89. The molecule has 0 spiro atoms. The van der Waals surface area contributed by atoms with Crippen LogP contribution in [0.25, 0.3) is 5.57 Å². The van der Waals surface area contributed by atoms with Crippen LogP contribution in [0.3, 0.4) is 0 Å². The molecule has 1 aromatic heterocycles. The van der Waals surface area contributed by atoms with Crippen LogP contribution in [-0.2, 0) is 12.8 Å². The van der Waals surface area contributed by atoms with E-state index < -0.39 is 0 Å². The summed E-state index contributed by atoms with van der Waals surface area (Å²) in [7, 11) is 0. The Morgan fingerprint density at radius 1 is 1.07 bits per heavy atom. The molecule has 0 amide bonds. The molecule has 4 rings (SSSR count). The Bertz CT molecular complexity index is 946. The average molecular weight is 386 g/mol. The first-order valence-corrected chi connectivity index (χ1v) is 10.1. The van der Waals surface area contributed by atoms with E-state index in [1.165, 1.54) is 5.57 Å². The molecule has 0 bridgehead atoms. The minimum absolute atomic E-state index is 0.219. The second kappa shape index (κ2) is 9.39. The third-order valence-corrected chi connectivity index (χ3v) is 5.20. The number of hydrogen-bond acceptors (Lipinski definition) is 4. The molecule has 0 aliphatic carbocycles. The number of para-hydroxylation sites is 1. The second-order valence-corrected chi connectivity index (χ2v) is 7.34. The number of phenols is 1. The lowest BCUT2D eigenvalue weighted by Crippen LogP contribution is -2.20. The monoisotopic (exact) mass is 386 g/mol. The Morgan fingerprint density at radius 2 is 1.90 bits per heavy atom. The number of nitrogens with zero attached hydrogens (tertiary/aromatic N) is 1. The fourth-order valence-corrected chi connectivity index (χ4v) is 3.55. The van der Waals surface area contributed by atoms with Gasteiger partial charge in [-0.05, 0) is 47.7 Å². The minimum atomic E-state index is 0.219. The van der Waals surface area contributed by atoms with Crippen molar-refractivity contribution in [3.8, 4) is 11.6 Å². The van der Waals surface area contributed by atoms with Gasteiger partial charge in [-0.15, -0.1) is 0 Å². The van der Waals surface area contributed by atoms with Gasteiger partial charge in [0.2, 0.25) is 5.88 Å². The van der Waals surface area contributed by atoms with E-state index in [9.17, 15) is 5.11 Å². The molecule has 0 radical (unpaired) electrons. The zero-order chi connectivity index (χ0) is 19.9. The Morgan fingerprint density at radius 3 is 2.62 bits per heavy atom. The predicted octanol–water partition coefficient (Wildman–Crippen LogP) is 4.40. The molecule has 2 aromatic carbocycles. The first-order valence-electron chi connectivity index (χ1n) is 10.1. The molecule has 2 heterocycles. The van der Waals surface area contributed by atoms with Crippen molar-refractivity contribution in [2.24, 2.45) is 0 Å². The van der Waals surface area contributed by atoms with Gasteiger partial charge in [-0.3, -0.25) is 0 Å². The fraction of sp³-hybridized carbons (Fsp3) is 0.240. The SMILES string of the molecule is Oc1ccccc1CC(=CCc1ccc(OC2CCNC2)nc1)c1ccccc1. The molecule has 4 heteroatoms. The number of allylic oxidation sites excluding steroid dienone is 2. The van der Waals surface area contributed by atoms with Gasteiger partial charge in [-0.2, -0.15) is 0 Å². The van der Waals surface area contributed by atoms with E-state index in [2.05, 4.69) is 34.6 Å². The van der Waals surface area contributed by atoms with E-state index in [1.807, 2.05) is 48.7 Å². The van der Waals surface area contributed by atoms with Crippen LogP contribution in [0.15, 0.2) is 79.0 Å². The van der Waals surface area contributed by atoms with Gasteiger partial charge in [0.15, 0.2) is 0 Å². The quantitative estimate of drug-likeness (QED) is 0.632. The number of hydrogen-bond donors (Lipinski definition) is 2. The maximum absolute atomic E-state index is 10.2. The standard InChI is InChI=1S/C25H26N2O2/c28-24-9-5-4-8-22(24)16-21(20-6-2-1-3-7-20)12-10-19-11-13-25(27-17-19)29-23-14-15-26-18-23/h1-9,11-13,17,23,26,28H,10,14-16,18H2. The molecule has 2 N–H and O–H groups in total. The molecule has 148 valence electrons. The Balaban J connectivity index is 1.49. The van der Waals surface area contributed by atoms with Crippen molar-refractivity contribution in [1.82, 2.24) is 10.3 Å². The van der Waals surface area contributed by atoms with Gasteiger partial charge in [0.1, 0.15) is 11.9 Å². The summed E-state index contributed by atoms with van der Waals surface area (Å²) in [5.74, 6) is 1.02. The maximum Gasteiger partial charge on any atom is 0.213 e. The van der Waals surface area contributed by atoms with Gasteiger partial charge in [0.05, 0.1) is 0 Å². The van der Waals surface area contributed by atoms with Gasteiger partial charge >= 0.3 is 0 Å². The van der Waals surface area contributed by atoms with E-state index in [0.717, 1.165) is 42.6 Å². The Kier molecular flexibility index (Phi) is 6.22. The van der Waals surface area contributed by atoms with Gasteiger partial charge in [0, 0.05) is 25.2 Å². The lowest BCUT2D eigenvalue weighted by atomic mass is 9.96. The normalized spacial score (nSPS) is 16.7. The highest BCUT2D eigenvalue weighted by Gasteiger charge is 2.16. The molecule has 1 unspecified atom stereocenters. The summed E-state index contributed by atoms with van der Waals surface area (Å²) in [5, 5.41) is 13.5. The van der Waals surface area contributed by atoms with Crippen LogP contribution in [0.4, 0.5) is 0 Å². The fourth-order valence-electron chi connectivity index (χ4n) is 3.55. The van der Waals surface area contributed by atoms with Crippen LogP contribution in [0.2, 0.25) is 0 Å². The Hall–Kier alpha value is -3.11. The molecule has 1 aliphatic heterocycles. The maximum atomic E-state index is 10.2. The third kappa shape index (κ3) is 5.24. The van der Waals surface area contributed by atoms with E-state index in [4.69, 9.17) is 4.74 Å². The van der Waals surface area contributed by atoms with Crippen molar-refractivity contribution in [3.63, 3.8) is 0 Å². The van der Waals surface area contributed by atoms with E-state index >= 15 is 0 Å². The number of pyridine rings is 1. The molecular weight excluding hydrogens is 360 g/mol. The highest BCUT2D eigenvalue weighted by Crippen LogP contribution is 2.25. The van der Waals surface area contributed by atoms with Crippen LogP contribution >= 0.6 is 0 Å². The van der Waals surface area contributed by atoms with Crippen molar-refractivity contribution in [2.75, 3.05) is 13.1 Å². The number of aromatic hydroxyl groups is 1. The summed E-state index contributed by atoms with van der Waals surface area (Å²) in [6.07, 6.45) is 6.81. The summed E-state index contributed by atoms with van der Waals surface area (Å²) < 4.78 is 5.90. The van der Waals surface area contributed by atoms with Crippen LogP contribution < -0.4 is 10.1 Å². The van der Waals surface area contributed by atoms with Crippen molar-refractivity contribution in [3.05, 3.63) is 95.7 Å². The number of rotatable bonds is 7. The zero-order valence-electron chi connectivity index (χ0n) is 16.4. The average Bonchev–Trinajstić information content (AvgIpc) is 3.27. The lowest BCUT2D eigenvalue weighted by molar-refractivity contribution is 0.214. The number of phenolic OH excluding ortho intramolecular Hbond substituents is 1. The van der Waals surface area contributed by atoms with Gasteiger partial charge in [-0.25, -0.2) is 4.98 Å². The number of aromatic nitrogens is 1. The number of ether oxygens (including phenoxy) is 1. The first kappa shape index (κ1) is 19.2. The molecule has 1 saturated heterocycles. The summed E-state index contributed by atoms with van der Waals surface area (Å²) in [6, 6.07) is 21.9. The van der Waals surface area contributed by atoms with Crippen molar-refractivity contribution >= 4 is 5.57 Å². The van der Waals surface area contributed by atoms with Gasteiger partial charge in [0.25, 0.3) is 0 Å². The predicted molar refractivity (Wildman–Crippen MR) is 116 cm³/mol. The Labute approximate surface area is 171 Å². The number of benzene rings is 2. The first-order chi connectivity index (χ1) is 14.3. The van der Waals surface area contributed by atoms with Gasteiger partial charge < -0.3 is 15.2 Å². The third-order valence-electron chi connectivity index (χ3n) is 5.20. The second-order valence-electron chi connectivity index (χ2n) is 7.34.